The quantitative estimate of drug-likeness (QED) is 0.698. The fourth-order valence-corrected chi connectivity index (χ4v) is 3.79. The van der Waals surface area contributed by atoms with E-state index in [1.165, 1.54) is 77.4 Å². The minimum Gasteiger partial charge on any atom is -0.319 e. The summed E-state index contributed by atoms with van der Waals surface area (Å²) in [6.07, 6.45) is 12.9. The van der Waals surface area contributed by atoms with E-state index < -0.39 is 0 Å². The van der Waals surface area contributed by atoms with Gasteiger partial charge in [0, 0.05) is 19.1 Å². The molecule has 0 heterocycles. The fourth-order valence-electron chi connectivity index (χ4n) is 3.79. The van der Waals surface area contributed by atoms with Gasteiger partial charge in [0.15, 0.2) is 0 Å². The monoisotopic (exact) mass is 252 g/mol. The van der Waals surface area contributed by atoms with Crippen molar-refractivity contribution in [3.63, 3.8) is 0 Å². The molecule has 2 aliphatic carbocycles. The van der Waals surface area contributed by atoms with Gasteiger partial charge in [-0.25, -0.2) is 0 Å². The van der Waals surface area contributed by atoms with E-state index in [9.17, 15) is 0 Å². The molecule has 2 rings (SSSR count). The summed E-state index contributed by atoms with van der Waals surface area (Å²) in [7, 11) is 2.13. The third kappa shape index (κ3) is 3.96. The summed E-state index contributed by atoms with van der Waals surface area (Å²) in [6, 6.07) is 0.932. The second-order valence-corrected chi connectivity index (χ2v) is 6.65. The molecule has 106 valence electrons. The number of nitrogens with zero attached hydrogens (tertiary/aromatic N) is 1. The van der Waals surface area contributed by atoms with Crippen molar-refractivity contribution < 1.29 is 0 Å². The Balaban J connectivity index is 1.97. The number of rotatable bonds is 7. The van der Waals surface area contributed by atoms with Gasteiger partial charge in [-0.2, -0.15) is 0 Å². The molecular formula is C16H32N2. The molecule has 0 aromatic rings. The van der Waals surface area contributed by atoms with Gasteiger partial charge in [-0.3, -0.25) is 4.90 Å². The summed E-state index contributed by atoms with van der Waals surface area (Å²) < 4.78 is 0. The zero-order valence-electron chi connectivity index (χ0n) is 12.5. The van der Waals surface area contributed by atoms with E-state index in [1.807, 2.05) is 0 Å². The highest BCUT2D eigenvalue weighted by Crippen LogP contribution is 2.38. The van der Waals surface area contributed by atoms with Crippen molar-refractivity contribution in [2.45, 2.75) is 70.8 Å². The van der Waals surface area contributed by atoms with Crippen molar-refractivity contribution >= 4 is 0 Å². The zero-order valence-corrected chi connectivity index (χ0v) is 12.5. The minimum atomic E-state index is 0.572. The van der Waals surface area contributed by atoms with E-state index in [0.29, 0.717) is 5.41 Å². The number of nitrogens with one attached hydrogen (secondary N) is 1. The van der Waals surface area contributed by atoms with Gasteiger partial charge in [0.2, 0.25) is 0 Å². The molecule has 0 bridgehead atoms. The lowest BCUT2D eigenvalue weighted by atomic mass is 9.79. The molecule has 2 saturated carbocycles. The fraction of sp³-hybridized carbons (Fsp3) is 1.00. The second kappa shape index (κ2) is 6.91. The smallest absolute Gasteiger partial charge is 0.00966 e. The van der Waals surface area contributed by atoms with Gasteiger partial charge < -0.3 is 5.32 Å². The van der Waals surface area contributed by atoms with Crippen molar-refractivity contribution in [1.82, 2.24) is 10.2 Å². The summed E-state index contributed by atoms with van der Waals surface area (Å²) in [6.45, 7) is 6.22. The van der Waals surface area contributed by atoms with E-state index >= 15 is 0 Å². The highest BCUT2D eigenvalue weighted by atomic mass is 15.2. The maximum atomic E-state index is 3.49. The average molecular weight is 252 g/mol. The molecule has 0 aromatic carbocycles. The van der Waals surface area contributed by atoms with E-state index in [1.54, 1.807) is 0 Å². The molecule has 18 heavy (non-hydrogen) atoms. The van der Waals surface area contributed by atoms with Gasteiger partial charge in [-0.05, 0) is 51.1 Å². The topological polar surface area (TPSA) is 15.3 Å². The third-order valence-corrected chi connectivity index (χ3v) is 4.83. The molecule has 1 N–H and O–H groups in total. The molecule has 0 saturated heterocycles. The van der Waals surface area contributed by atoms with Crippen LogP contribution in [0.15, 0.2) is 0 Å². The van der Waals surface area contributed by atoms with E-state index in [-0.39, 0.29) is 0 Å². The number of hydrogen-bond donors (Lipinski definition) is 1. The molecule has 2 aliphatic rings. The van der Waals surface area contributed by atoms with Gasteiger partial charge >= 0.3 is 0 Å². The van der Waals surface area contributed by atoms with Gasteiger partial charge in [-0.1, -0.05) is 32.6 Å². The molecule has 0 spiro atoms. The molecule has 2 fully saturated rings. The predicted octanol–water partition coefficient (Wildman–Crippen LogP) is 3.42. The first-order chi connectivity index (χ1) is 8.79. The van der Waals surface area contributed by atoms with Crippen LogP contribution in [0.4, 0.5) is 0 Å². The Morgan fingerprint density at radius 2 is 1.78 bits per heavy atom. The summed E-state index contributed by atoms with van der Waals surface area (Å²) in [5, 5.41) is 3.49. The molecule has 0 aliphatic heterocycles. The molecule has 0 aromatic heterocycles. The van der Waals surface area contributed by atoms with E-state index in [2.05, 4.69) is 24.2 Å². The first-order valence-corrected chi connectivity index (χ1v) is 8.18. The Labute approximate surface area is 114 Å². The van der Waals surface area contributed by atoms with Crippen LogP contribution >= 0.6 is 0 Å². The molecule has 0 radical (unpaired) electrons. The molecule has 0 atom stereocenters. The van der Waals surface area contributed by atoms with Crippen LogP contribution in [-0.4, -0.2) is 37.6 Å². The second-order valence-electron chi connectivity index (χ2n) is 6.65. The van der Waals surface area contributed by atoms with Crippen LogP contribution in [0.2, 0.25) is 0 Å². The van der Waals surface area contributed by atoms with Gasteiger partial charge in [0.1, 0.15) is 0 Å². The normalized spacial score (nSPS) is 24.2. The Morgan fingerprint density at radius 3 is 2.28 bits per heavy atom. The highest BCUT2D eigenvalue weighted by Gasteiger charge is 2.37. The molecule has 2 nitrogen and oxygen atoms in total. The van der Waals surface area contributed by atoms with Crippen LogP contribution in [0.25, 0.3) is 0 Å². The van der Waals surface area contributed by atoms with Crippen molar-refractivity contribution in [3.05, 3.63) is 0 Å². The van der Waals surface area contributed by atoms with Crippen molar-refractivity contribution in [2.24, 2.45) is 5.41 Å². The summed E-state index contributed by atoms with van der Waals surface area (Å²) in [4.78, 5) is 2.81. The maximum Gasteiger partial charge on any atom is 0.00966 e. The van der Waals surface area contributed by atoms with Crippen molar-refractivity contribution in [1.29, 1.82) is 0 Å². The van der Waals surface area contributed by atoms with E-state index in [0.717, 1.165) is 6.04 Å². The van der Waals surface area contributed by atoms with Crippen LogP contribution in [0.3, 0.4) is 0 Å². The molecular weight excluding hydrogens is 220 g/mol. The standard InChI is InChI=1S/C16H32N2/c1-3-12-18(15-8-9-15)14-16(13-17-2)10-6-4-5-7-11-16/h15,17H,3-14H2,1-2H3. The average Bonchev–Trinajstić information content (AvgIpc) is 3.16. The Hall–Kier alpha value is -0.0800. The molecule has 2 heteroatoms. The van der Waals surface area contributed by atoms with E-state index in [4.69, 9.17) is 0 Å². The van der Waals surface area contributed by atoms with Gasteiger partial charge in [0.05, 0.1) is 0 Å². The third-order valence-electron chi connectivity index (χ3n) is 4.83. The summed E-state index contributed by atoms with van der Waals surface area (Å²) in [5.41, 5.74) is 0.572. The van der Waals surface area contributed by atoms with Crippen LogP contribution in [0, 0.1) is 5.41 Å². The first-order valence-electron chi connectivity index (χ1n) is 8.18. The van der Waals surface area contributed by atoms with Crippen LogP contribution < -0.4 is 5.32 Å². The first kappa shape index (κ1) is 14.3. The Kier molecular flexibility index (Phi) is 5.50. The lowest BCUT2D eigenvalue weighted by Gasteiger charge is -2.38. The summed E-state index contributed by atoms with van der Waals surface area (Å²) >= 11 is 0. The van der Waals surface area contributed by atoms with Crippen molar-refractivity contribution in [3.8, 4) is 0 Å². The number of hydrogen-bond acceptors (Lipinski definition) is 2. The minimum absolute atomic E-state index is 0.572. The maximum absolute atomic E-state index is 3.49. The van der Waals surface area contributed by atoms with Crippen LogP contribution in [0.1, 0.15) is 64.7 Å². The predicted molar refractivity (Wildman–Crippen MR) is 78.9 cm³/mol. The van der Waals surface area contributed by atoms with Crippen LogP contribution in [-0.2, 0) is 0 Å². The van der Waals surface area contributed by atoms with Crippen molar-refractivity contribution in [2.75, 3.05) is 26.7 Å². The highest BCUT2D eigenvalue weighted by molar-refractivity contribution is 4.92. The van der Waals surface area contributed by atoms with Crippen LogP contribution in [0.5, 0.6) is 0 Å². The molecule has 0 amide bonds. The van der Waals surface area contributed by atoms with Gasteiger partial charge in [-0.15, -0.1) is 0 Å². The SMILES string of the molecule is CCCN(CC1(CNC)CCCCCC1)C1CC1. The summed E-state index contributed by atoms with van der Waals surface area (Å²) in [5.74, 6) is 0. The lowest BCUT2D eigenvalue weighted by Crippen LogP contribution is -2.44. The van der Waals surface area contributed by atoms with Gasteiger partial charge in [0.25, 0.3) is 0 Å². The Bertz CT molecular complexity index is 227. The lowest BCUT2D eigenvalue weighted by molar-refractivity contribution is 0.122. The largest absolute Gasteiger partial charge is 0.319 e. The Morgan fingerprint density at radius 1 is 1.11 bits per heavy atom. The molecule has 0 unspecified atom stereocenters. The zero-order chi connectivity index (χ0) is 12.8.